The number of methoxy groups -OCH3 is 1. The molecule has 0 aliphatic heterocycles. The second-order valence-corrected chi connectivity index (χ2v) is 3.82. The van der Waals surface area contributed by atoms with Gasteiger partial charge in [0.1, 0.15) is 0 Å². The van der Waals surface area contributed by atoms with Gasteiger partial charge in [0.05, 0.1) is 13.7 Å². The highest BCUT2D eigenvalue weighted by molar-refractivity contribution is 5.91. The molecular formula is C13H16FNO3. The average Bonchev–Trinajstić information content (AvgIpc) is 2.37. The normalized spacial score (nSPS) is 12.4. The largest absolute Gasteiger partial charge is 0.494 e. The summed E-state index contributed by atoms with van der Waals surface area (Å²) in [6.45, 7) is 1.57. The molecule has 0 saturated heterocycles. The zero-order chi connectivity index (χ0) is 13.5. The van der Waals surface area contributed by atoms with Crippen molar-refractivity contribution in [1.29, 1.82) is 0 Å². The van der Waals surface area contributed by atoms with E-state index < -0.39 is 5.82 Å². The van der Waals surface area contributed by atoms with Crippen molar-refractivity contribution in [3.8, 4) is 5.75 Å². The lowest BCUT2D eigenvalue weighted by atomic mass is 10.2. The van der Waals surface area contributed by atoms with Crippen LogP contribution in [-0.4, -0.2) is 30.8 Å². The molecule has 1 unspecified atom stereocenters. The van der Waals surface area contributed by atoms with Gasteiger partial charge in [0, 0.05) is 12.1 Å². The van der Waals surface area contributed by atoms with Gasteiger partial charge in [-0.05, 0) is 30.7 Å². The SMILES string of the molecule is COc1cc(/C=C/C(=O)NC(C)CO)ccc1F. The van der Waals surface area contributed by atoms with Crippen LogP contribution in [0.3, 0.4) is 0 Å². The van der Waals surface area contributed by atoms with E-state index in [2.05, 4.69) is 5.32 Å². The molecule has 0 radical (unpaired) electrons. The van der Waals surface area contributed by atoms with Crippen LogP contribution in [-0.2, 0) is 4.79 Å². The molecule has 1 amide bonds. The lowest BCUT2D eigenvalue weighted by Gasteiger charge is -2.07. The van der Waals surface area contributed by atoms with Crippen molar-refractivity contribution < 1.29 is 19.0 Å². The Morgan fingerprint density at radius 2 is 2.33 bits per heavy atom. The van der Waals surface area contributed by atoms with E-state index >= 15 is 0 Å². The van der Waals surface area contributed by atoms with Crippen LogP contribution >= 0.6 is 0 Å². The number of hydrogen-bond acceptors (Lipinski definition) is 3. The van der Waals surface area contributed by atoms with Crippen LogP contribution < -0.4 is 10.1 Å². The summed E-state index contributed by atoms with van der Waals surface area (Å²) in [7, 11) is 1.38. The molecule has 1 aromatic carbocycles. The molecule has 1 aromatic rings. The van der Waals surface area contributed by atoms with Crippen LogP contribution in [0.2, 0.25) is 0 Å². The molecular weight excluding hydrogens is 237 g/mol. The van der Waals surface area contributed by atoms with Crippen LogP contribution in [0.5, 0.6) is 5.75 Å². The van der Waals surface area contributed by atoms with E-state index in [-0.39, 0.29) is 24.3 Å². The second kappa shape index (κ2) is 6.76. The van der Waals surface area contributed by atoms with Crippen LogP contribution in [0, 0.1) is 5.82 Å². The molecule has 0 aliphatic rings. The third-order valence-electron chi connectivity index (χ3n) is 2.26. The number of hydrogen-bond donors (Lipinski definition) is 2. The van der Waals surface area contributed by atoms with Crippen molar-refractivity contribution in [2.75, 3.05) is 13.7 Å². The first kappa shape index (κ1) is 14.2. The molecule has 98 valence electrons. The Balaban J connectivity index is 2.69. The topological polar surface area (TPSA) is 58.6 Å². The maximum atomic E-state index is 13.1. The Bertz CT molecular complexity index is 446. The molecule has 0 aliphatic carbocycles. The molecule has 4 nitrogen and oxygen atoms in total. The Hall–Kier alpha value is -1.88. The lowest BCUT2D eigenvalue weighted by molar-refractivity contribution is -0.117. The Morgan fingerprint density at radius 3 is 2.94 bits per heavy atom. The Labute approximate surface area is 105 Å². The highest BCUT2D eigenvalue weighted by atomic mass is 19.1. The van der Waals surface area contributed by atoms with E-state index in [1.165, 1.54) is 31.4 Å². The fraction of sp³-hybridized carbons (Fsp3) is 0.308. The van der Waals surface area contributed by atoms with E-state index in [4.69, 9.17) is 9.84 Å². The number of aliphatic hydroxyl groups excluding tert-OH is 1. The smallest absolute Gasteiger partial charge is 0.244 e. The zero-order valence-corrected chi connectivity index (χ0v) is 10.3. The van der Waals surface area contributed by atoms with Gasteiger partial charge in [-0.2, -0.15) is 0 Å². The predicted octanol–water partition coefficient (Wildman–Crippen LogP) is 1.34. The molecule has 0 saturated carbocycles. The summed E-state index contributed by atoms with van der Waals surface area (Å²) in [5.41, 5.74) is 0.653. The van der Waals surface area contributed by atoms with Gasteiger partial charge in [0.2, 0.25) is 5.91 Å². The van der Waals surface area contributed by atoms with Crippen molar-refractivity contribution >= 4 is 12.0 Å². The second-order valence-electron chi connectivity index (χ2n) is 3.82. The van der Waals surface area contributed by atoms with Crippen molar-refractivity contribution in [2.45, 2.75) is 13.0 Å². The average molecular weight is 253 g/mol. The Morgan fingerprint density at radius 1 is 1.61 bits per heavy atom. The maximum absolute atomic E-state index is 13.1. The monoisotopic (exact) mass is 253 g/mol. The lowest BCUT2D eigenvalue weighted by Crippen LogP contribution is -2.33. The summed E-state index contributed by atoms with van der Waals surface area (Å²) in [5, 5.41) is 11.3. The third-order valence-corrected chi connectivity index (χ3v) is 2.26. The standard InChI is InChI=1S/C13H16FNO3/c1-9(8-16)15-13(17)6-4-10-3-5-11(14)12(7-10)18-2/h3-7,9,16H,8H2,1-2H3,(H,15,17)/b6-4+. The molecule has 0 spiro atoms. The number of benzene rings is 1. The number of ether oxygens (including phenoxy) is 1. The van der Waals surface area contributed by atoms with Gasteiger partial charge in [0.25, 0.3) is 0 Å². The van der Waals surface area contributed by atoms with Crippen LogP contribution in [0.15, 0.2) is 24.3 Å². The van der Waals surface area contributed by atoms with Gasteiger partial charge in [0.15, 0.2) is 11.6 Å². The highest BCUT2D eigenvalue weighted by Crippen LogP contribution is 2.18. The number of nitrogens with one attached hydrogen (secondary N) is 1. The number of carbonyl (C=O) groups is 1. The number of rotatable bonds is 5. The van der Waals surface area contributed by atoms with Crippen molar-refractivity contribution in [2.24, 2.45) is 0 Å². The van der Waals surface area contributed by atoms with Gasteiger partial charge >= 0.3 is 0 Å². The van der Waals surface area contributed by atoms with Crippen LogP contribution in [0.1, 0.15) is 12.5 Å². The Kier molecular flexibility index (Phi) is 5.32. The highest BCUT2D eigenvalue weighted by Gasteiger charge is 2.04. The predicted molar refractivity (Wildman–Crippen MR) is 66.7 cm³/mol. The van der Waals surface area contributed by atoms with Crippen molar-refractivity contribution in [3.05, 3.63) is 35.7 Å². The summed E-state index contributed by atoms with van der Waals surface area (Å²) < 4.78 is 18.0. The van der Waals surface area contributed by atoms with Crippen LogP contribution in [0.4, 0.5) is 4.39 Å². The van der Waals surface area contributed by atoms with Gasteiger partial charge < -0.3 is 15.2 Å². The number of amides is 1. The molecule has 0 bridgehead atoms. The first-order valence-electron chi connectivity index (χ1n) is 5.49. The molecule has 0 fully saturated rings. The van der Waals surface area contributed by atoms with E-state index in [9.17, 15) is 9.18 Å². The summed E-state index contributed by atoms with van der Waals surface area (Å²) in [6, 6.07) is 4.00. The quantitative estimate of drug-likeness (QED) is 0.779. The summed E-state index contributed by atoms with van der Waals surface area (Å²) in [5.74, 6) is -0.644. The van der Waals surface area contributed by atoms with E-state index in [1.807, 2.05) is 0 Å². The summed E-state index contributed by atoms with van der Waals surface area (Å²) >= 11 is 0. The van der Waals surface area contributed by atoms with Gasteiger partial charge in [-0.15, -0.1) is 0 Å². The molecule has 0 aromatic heterocycles. The van der Waals surface area contributed by atoms with E-state index in [0.29, 0.717) is 5.56 Å². The summed E-state index contributed by atoms with van der Waals surface area (Å²) in [6.07, 6.45) is 2.86. The fourth-order valence-corrected chi connectivity index (χ4v) is 1.29. The first-order chi connectivity index (χ1) is 8.56. The number of carbonyl (C=O) groups excluding carboxylic acids is 1. The molecule has 1 rings (SSSR count). The summed E-state index contributed by atoms with van der Waals surface area (Å²) in [4.78, 5) is 11.4. The molecule has 2 N–H and O–H groups in total. The van der Waals surface area contributed by atoms with Crippen molar-refractivity contribution in [3.63, 3.8) is 0 Å². The molecule has 1 atom stereocenters. The van der Waals surface area contributed by atoms with E-state index in [1.54, 1.807) is 13.0 Å². The van der Waals surface area contributed by atoms with Gasteiger partial charge in [-0.3, -0.25) is 4.79 Å². The van der Waals surface area contributed by atoms with Gasteiger partial charge in [-0.25, -0.2) is 4.39 Å². The van der Waals surface area contributed by atoms with Crippen molar-refractivity contribution in [1.82, 2.24) is 5.32 Å². The minimum Gasteiger partial charge on any atom is -0.494 e. The molecule has 5 heteroatoms. The third kappa shape index (κ3) is 4.18. The molecule has 0 heterocycles. The van der Waals surface area contributed by atoms with Crippen LogP contribution in [0.25, 0.3) is 6.08 Å². The minimum absolute atomic E-state index is 0.121. The first-order valence-corrected chi connectivity index (χ1v) is 5.49. The van der Waals surface area contributed by atoms with Gasteiger partial charge in [-0.1, -0.05) is 6.07 Å². The number of aliphatic hydroxyl groups is 1. The van der Waals surface area contributed by atoms with E-state index in [0.717, 1.165) is 0 Å². The maximum Gasteiger partial charge on any atom is 0.244 e. The number of halogens is 1. The zero-order valence-electron chi connectivity index (χ0n) is 10.3. The fourth-order valence-electron chi connectivity index (χ4n) is 1.29. The minimum atomic E-state index is -0.451. The molecule has 18 heavy (non-hydrogen) atoms.